The van der Waals surface area contributed by atoms with Gasteiger partial charge < -0.3 is 19.7 Å². The highest BCUT2D eigenvalue weighted by Crippen LogP contribution is 2.39. The number of carbonyl (C=O) groups excluding carboxylic acids is 1. The molecule has 0 aliphatic carbocycles. The number of benzene rings is 1. The molecule has 25 heavy (non-hydrogen) atoms. The highest BCUT2D eigenvalue weighted by Gasteiger charge is 2.38. The predicted molar refractivity (Wildman–Crippen MR) is 101 cm³/mol. The van der Waals surface area contributed by atoms with Crippen molar-refractivity contribution in [1.82, 2.24) is 10.2 Å². The largest absolute Gasteiger partial charge is 0.493 e. The van der Waals surface area contributed by atoms with Gasteiger partial charge in [-0.3, -0.25) is 4.79 Å². The first-order valence-electron chi connectivity index (χ1n) is 8.59. The normalized spacial score (nSPS) is 18.8. The lowest BCUT2D eigenvalue weighted by Gasteiger charge is -2.39. The van der Waals surface area contributed by atoms with Gasteiger partial charge in [0, 0.05) is 25.2 Å². The molecule has 0 aromatic heterocycles. The molecule has 0 saturated carbocycles. The summed E-state index contributed by atoms with van der Waals surface area (Å²) in [5.74, 6) is 1.01. The van der Waals surface area contributed by atoms with Crippen molar-refractivity contribution in [3.63, 3.8) is 0 Å². The molecular formula is C18H26Cl2N2O3. The van der Waals surface area contributed by atoms with E-state index in [1.165, 1.54) is 6.42 Å². The fraction of sp³-hybridized carbons (Fsp3) is 0.611. The Morgan fingerprint density at radius 3 is 2.60 bits per heavy atom. The number of rotatable bonds is 4. The molecule has 2 fully saturated rings. The molecule has 5 nitrogen and oxygen atoms in total. The predicted octanol–water partition coefficient (Wildman–Crippen LogP) is 3.38. The van der Waals surface area contributed by atoms with Crippen molar-refractivity contribution in [2.45, 2.75) is 26.2 Å². The molecular weight excluding hydrogens is 363 g/mol. The van der Waals surface area contributed by atoms with Crippen molar-refractivity contribution in [3.8, 4) is 11.5 Å². The van der Waals surface area contributed by atoms with Gasteiger partial charge in [0.1, 0.15) is 0 Å². The Balaban J connectivity index is 0.00000225. The van der Waals surface area contributed by atoms with Crippen LogP contribution >= 0.6 is 24.0 Å². The van der Waals surface area contributed by atoms with E-state index in [9.17, 15) is 4.79 Å². The van der Waals surface area contributed by atoms with Crippen LogP contribution in [0.5, 0.6) is 11.5 Å². The maximum Gasteiger partial charge on any atom is 0.254 e. The number of nitrogens with one attached hydrogen (secondary N) is 1. The maximum absolute atomic E-state index is 12.8. The Kier molecular flexibility index (Phi) is 6.83. The van der Waals surface area contributed by atoms with Crippen LogP contribution in [0.15, 0.2) is 12.1 Å². The third-order valence-corrected chi connectivity index (χ3v) is 5.49. The van der Waals surface area contributed by atoms with Crippen LogP contribution in [0.1, 0.15) is 36.5 Å². The average Bonchev–Trinajstić information content (AvgIpc) is 3.04. The van der Waals surface area contributed by atoms with E-state index in [4.69, 9.17) is 21.1 Å². The highest BCUT2D eigenvalue weighted by atomic mass is 35.5. The molecule has 1 N–H and O–H groups in total. The summed E-state index contributed by atoms with van der Waals surface area (Å²) in [6.07, 6.45) is 3.35. The molecule has 7 heteroatoms. The average molecular weight is 389 g/mol. The zero-order chi connectivity index (χ0) is 17.2. The van der Waals surface area contributed by atoms with E-state index < -0.39 is 0 Å². The van der Waals surface area contributed by atoms with Crippen molar-refractivity contribution < 1.29 is 14.3 Å². The summed E-state index contributed by atoms with van der Waals surface area (Å²) in [6.45, 7) is 6.15. The van der Waals surface area contributed by atoms with Gasteiger partial charge in [-0.05, 0) is 50.3 Å². The van der Waals surface area contributed by atoms with Gasteiger partial charge in [0.2, 0.25) is 0 Å². The number of hydrogen-bond donors (Lipinski definition) is 1. The standard InChI is InChI=1S/C18H25ClN2O3.ClH/c1-3-24-16-14(19)10-13(11-15(16)23-2)17(22)21-8-5-18(6-9-21)4-7-20-12-18;/h10-11,20H,3-9,12H2,1-2H3;1H. The number of hydrogen-bond acceptors (Lipinski definition) is 4. The molecule has 140 valence electrons. The number of ether oxygens (including phenoxy) is 2. The lowest BCUT2D eigenvalue weighted by molar-refractivity contribution is 0.0607. The van der Waals surface area contributed by atoms with Crippen LogP contribution in [0.2, 0.25) is 5.02 Å². The lowest BCUT2D eigenvalue weighted by Crippen LogP contribution is -2.44. The van der Waals surface area contributed by atoms with E-state index in [1.54, 1.807) is 19.2 Å². The van der Waals surface area contributed by atoms with Crippen molar-refractivity contribution >= 4 is 29.9 Å². The Morgan fingerprint density at radius 2 is 2.04 bits per heavy atom. The molecule has 1 aromatic rings. The van der Waals surface area contributed by atoms with Crippen LogP contribution in [0.25, 0.3) is 0 Å². The monoisotopic (exact) mass is 388 g/mol. The van der Waals surface area contributed by atoms with Gasteiger partial charge in [-0.15, -0.1) is 12.4 Å². The second-order valence-corrected chi connectivity index (χ2v) is 7.05. The second kappa shape index (κ2) is 8.47. The van der Waals surface area contributed by atoms with E-state index in [-0.39, 0.29) is 18.3 Å². The summed E-state index contributed by atoms with van der Waals surface area (Å²) in [5, 5.41) is 3.86. The maximum atomic E-state index is 12.8. The number of likely N-dealkylation sites (tertiary alicyclic amines) is 1. The van der Waals surface area contributed by atoms with Crippen molar-refractivity contribution in [2.75, 3.05) is 39.9 Å². The van der Waals surface area contributed by atoms with Gasteiger partial charge in [-0.1, -0.05) is 11.6 Å². The lowest BCUT2D eigenvalue weighted by atomic mass is 9.78. The minimum Gasteiger partial charge on any atom is -0.493 e. The van der Waals surface area contributed by atoms with Gasteiger partial charge in [0.15, 0.2) is 11.5 Å². The first-order chi connectivity index (χ1) is 11.6. The molecule has 0 unspecified atom stereocenters. The van der Waals surface area contributed by atoms with E-state index in [2.05, 4.69) is 5.32 Å². The molecule has 0 atom stereocenters. The van der Waals surface area contributed by atoms with Gasteiger partial charge in [0.05, 0.1) is 18.7 Å². The summed E-state index contributed by atoms with van der Waals surface area (Å²) in [6, 6.07) is 3.40. The van der Waals surface area contributed by atoms with Crippen LogP contribution in [0.4, 0.5) is 0 Å². The minimum absolute atomic E-state index is 0. The Labute approximate surface area is 160 Å². The molecule has 0 radical (unpaired) electrons. The number of nitrogens with zero attached hydrogens (tertiary/aromatic N) is 1. The van der Waals surface area contributed by atoms with Crippen LogP contribution in [0.3, 0.4) is 0 Å². The fourth-order valence-corrected chi connectivity index (χ4v) is 3.98. The summed E-state index contributed by atoms with van der Waals surface area (Å²) in [5.41, 5.74) is 0.950. The molecule has 1 amide bonds. The second-order valence-electron chi connectivity index (χ2n) is 6.64. The van der Waals surface area contributed by atoms with Crippen molar-refractivity contribution in [1.29, 1.82) is 0 Å². The molecule has 2 aliphatic rings. The van der Waals surface area contributed by atoms with E-state index in [1.807, 2.05) is 11.8 Å². The van der Waals surface area contributed by atoms with Crippen LogP contribution in [-0.4, -0.2) is 50.7 Å². The summed E-state index contributed by atoms with van der Waals surface area (Å²) < 4.78 is 10.9. The SMILES string of the molecule is CCOc1c(Cl)cc(C(=O)N2CCC3(CCNC3)CC2)cc1OC.Cl. The van der Waals surface area contributed by atoms with E-state index in [0.717, 1.165) is 39.0 Å². The molecule has 2 aliphatic heterocycles. The van der Waals surface area contributed by atoms with Crippen molar-refractivity contribution in [2.24, 2.45) is 5.41 Å². The molecule has 1 aromatic carbocycles. The summed E-state index contributed by atoms with van der Waals surface area (Å²) >= 11 is 6.29. The molecule has 3 rings (SSSR count). The Hall–Kier alpha value is -1.17. The van der Waals surface area contributed by atoms with Gasteiger partial charge in [0.25, 0.3) is 5.91 Å². The fourth-order valence-electron chi connectivity index (χ4n) is 3.72. The Bertz CT molecular complexity index is 609. The molecule has 2 heterocycles. The topological polar surface area (TPSA) is 50.8 Å². The quantitative estimate of drug-likeness (QED) is 0.858. The highest BCUT2D eigenvalue weighted by molar-refractivity contribution is 6.32. The van der Waals surface area contributed by atoms with Crippen LogP contribution in [0, 0.1) is 5.41 Å². The minimum atomic E-state index is 0. The molecule has 2 saturated heterocycles. The number of methoxy groups -OCH3 is 1. The number of piperidine rings is 1. The van der Waals surface area contributed by atoms with Crippen LogP contribution < -0.4 is 14.8 Å². The van der Waals surface area contributed by atoms with Crippen molar-refractivity contribution in [3.05, 3.63) is 22.7 Å². The smallest absolute Gasteiger partial charge is 0.254 e. The van der Waals surface area contributed by atoms with E-state index in [0.29, 0.717) is 34.1 Å². The van der Waals surface area contributed by atoms with Gasteiger partial charge in [-0.25, -0.2) is 0 Å². The summed E-state index contributed by atoms with van der Waals surface area (Å²) in [7, 11) is 1.56. The Morgan fingerprint density at radius 1 is 1.32 bits per heavy atom. The summed E-state index contributed by atoms with van der Waals surface area (Å²) in [4.78, 5) is 14.8. The third-order valence-electron chi connectivity index (χ3n) is 5.21. The first-order valence-corrected chi connectivity index (χ1v) is 8.97. The van der Waals surface area contributed by atoms with Gasteiger partial charge in [-0.2, -0.15) is 0 Å². The number of amides is 1. The number of carbonyl (C=O) groups is 1. The van der Waals surface area contributed by atoms with Gasteiger partial charge >= 0.3 is 0 Å². The van der Waals surface area contributed by atoms with E-state index >= 15 is 0 Å². The molecule has 0 bridgehead atoms. The number of halogens is 2. The molecule has 1 spiro atoms. The third kappa shape index (κ3) is 4.15. The first kappa shape index (κ1) is 20.1. The zero-order valence-corrected chi connectivity index (χ0v) is 16.3. The zero-order valence-electron chi connectivity index (χ0n) is 14.8. The van der Waals surface area contributed by atoms with Crippen LogP contribution in [-0.2, 0) is 0 Å².